The van der Waals surface area contributed by atoms with Gasteiger partial charge in [0.05, 0.1) is 17.8 Å². The van der Waals surface area contributed by atoms with Crippen LogP contribution < -0.4 is 0 Å². The second-order valence-electron chi connectivity index (χ2n) is 9.69. The van der Waals surface area contributed by atoms with Gasteiger partial charge < -0.3 is 14.0 Å². The molecule has 2 aliphatic heterocycles. The zero-order valence-electron chi connectivity index (χ0n) is 19.5. The molecular formula is C24H38BNO4. The number of carbonyl (C=O) groups is 1. The molecule has 0 unspecified atom stereocenters. The number of likely N-dealkylation sites (tertiary alicyclic amines) is 1. The van der Waals surface area contributed by atoms with Crippen LogP contribution in [0.5, 0.6) is 0 Å². The lowest BCUT2D eigenvalue weighted by atomic mass is 9.80. The number of esters is 1. The molecule has 0 radical (unpaired) electrons. The summed E-state index contributed by atoms with van der Waals surface area (Å²) in [6.45, 7) is 13.8. The van der Waals surface area contributed by atoms with E-state index in [1.165, 1.54) is 5.56 Å². The van der Waals surface area contributed by atoms with Gasteiger partial charge >= 0.3 is 13.1 Å². The fraction of sp³-hybridized carbons (Fsp3) is 0.708. The average Bonchev–Trinajstić information content (AvgIpc) is 3.19. The van der Waals surface area contributed by atoms with E-state index in [4.69, 9.17) is 14.0 Å². The van der Waals surface area contributed by atoms with Crippen molar-refractivity contribution in [3.05, 3.63) is 35.9 Å². The van der Waals surface area contributed by atoms with E-state index < -0.39 is 0 Å². The van der Waals surface area contributed by atoms with Crippen LogP contribution in [0.25, 0.3) is 0 Å². The number of nitrogens with zero attached hydrogens (tertiary/aromatic N) is 1. The van der Waals surface area contributed by atoms with Gasteiger partial charge in [-0.1, -0.05) is 36.8 Å². The first-order valence-corrected chi connectivity index (χ1v) is 11.5. The molecule has 3 atom stereocenters. The van der Waals surface area contributed by atoms with Crippen molar-refractivity contribution >= 4 is 13.1 Å². The van der Waals surface area contributed by atoms with E-state index in [9.17, 15) is 4.79 Å². The van der Waals surface area contributed by atoms with Crippen LogP contribution in [0, 0.1) is 5.92 Å². The van der Waals surface area contributed by atoms with Gasteiger partial charge in [0.2, 0.25) is 0 Å². The van der Waals surface area contributed by atoms with Crippen LogP contribution in [-0.4, -0.2) is 48.4 Å². The second kappa shape index (κ2) is 9.41. The van der Waals surface area contributed by atoms with Crippen LogP contribution in [0.2, 0.25) is 6.32 Å². The van der Waals surface area contributed by atoms with E-state index in [2.05, 4.69) is 63.8 Å². The smallest absolute Gasteiger partial charge is 0.457 e. The van der Waals surface area contributed by atoms with Gasteiger partial charge in [0.25, 0.3) is 0 Å². The lowest BCUT2D eigenvalue weighted by Gasteiger charge is -2.32. The van der Waals surface area contributed by atoms with Crippen LogP contribution in [0.4, 0.5) is 0 Å². The van der Waals surface area contributed by atoms with Crippen molar-refractivity contribution in [1.82, 2.24) is 4.90 Å². The van der Waals surface area contributed by atoms with Gasteiger partial charge in [0.15, 0.2) is 0 Å². The molecule has 0 aromatic heterocycles. The molecular weight excluding hydrogens is 377 g/mol. The second-order valence-corrected chi connectivity index (χ2v) is 9.69. The Bertz CT molecular complexity index is 692. The zero-order chi connectivity index (χ0) is 21.9. The van der Waals surface area contributed by atoms with Gasteiger partial charge in [-0.3, -0.25) is 9.69 Å². The molecule has 1 aromatic rings. The largest absolute Gasteiger partial charge is 0.465 e. The minimum absolute atomic E-state index is 0.0848. The molecule has 0 spiro atoms. The summed E-state index contributed by atoms with van der Waals surface area (Å²) in [4.78, 5) is 15.2. The number of hydrogen-bond donors (Lipinski definition) is 0. The fourth-order valence-corrected chi connectivity index (χ4v) is 4.73. The average molecular weight is 415 g/mol. The first-order chi connectivity index (χ1) is 14.2. The van der Waals surface area contributed by atoms with Gasteiger partial charge in [-0.05, 0) is 78.7 Å². The lowest BCUT2D eigenvalue weighted by molar-refractivity contribution is -0.150. The molecule has 3 rings (SSSR count). The Morgan fingerprint density at radius 3 is 2.43 bits per heavy atom. The SMILES string of the molecule is CCOC(=O)[C@@H]1[C@H](CCCB2OC(C)(C)C(C)(C)O2)CCN1[C@@H](C)c1ccccc1. The molecule has 2 aliphatic rings. The first kappa shape index (κ1) is 23.3. The van der Waals surface area contributed by atoms with Crippen LogP contribution in [0.1, 0.15) is 72.4 Å². The molecule has 0 saturated carbocycles. The van der Waals surface area contributed by atoms with E-state index in [-0.39, 0.29) is 36.4 Å². The number of ether oxygens (including phenoxy) is 1. The Labute approximate surface area is 182 Å². The highest BCUT2D eigenvalue weighted by molar-refractivity contribution is 6.45. The normalized spacial score (nSPS) is 26.7. The fourth-order valence-electron chi connectivity index (χ4n) is 4.73. The molecule has 0 bridgehead atoms. The highest BCUT2D eigenvalue weighted by Crippen LogP contribution is 2.40. The highest BCUT2D eigenvalue weighted by atomic mass is 16.7. The quantitative estimate of drug-likeness (QED) is 0.448. The Hall–Kier alpha value is -1.37. The highest BCUT2D eigenvalue weighted by Gasteiger charge is 2.50. The lowest BCUT2D eigenvalue weighted by Crippen LogP contribution is -2.42. The number of carbonyl (C=O) groups excluding carboxylic acids is 1. The maximum absolute atomic E-state index is 12.9. The molecule has 30 heavy (non-hydrogen) atoms. The number of rotatable bonds is 8. The predicted molar refractivity (Wildman–Crippen MR) is 120 cm³/mol. The van der Waals surface area contributed by atoms with Gasteiger partial charge in [0, 0.05) is 6.04 Å². The van der Waals surface area contributed by atoms with E-state index >= 15 is 0 Å². The minimum Gasteiger partial charge on any atom is -0.465 e. The molecule has 6 heteroatoms. The standard InChI is InChI=1S/C24H38BNO4/c1-7-28-22(27)21-20(14-11-16-25-29-23(3,4)24(5,6)30-25)15-17-26(21)18(2)19-12-9-8-10-13-19/h8-10,12-13,18,20-21H,7,11,14-17H2,1-6H3/t18-,20+,21-/m0/s1. The number of hydrogen-bond acceptors (Lipinski definition) is 5. The van der Waals surface area contributed by atoms with E-state index in [0.29, 0.717) is 12.5 Å². The predicted octanol–water partition coefficient (Wildman–Crippen LogP) is 4.87. The van der Waals surface area contributed by atoms with E-state index in [0.717, 1.165) is 32.1 Å². The zero-order valence-corrected chi connectivity index (χ0v) is 19.5. The topological polar surface area (TPSA) is 48.0 Å². The number of benzene rings is 1. The summed E-state index contributed by atoms with van der Waals surface area (Å²) >= 11 is 0. The van der Waals surface area contributed by atoms with Crippen LogP contribution in [0.3, 0.4) is 0 Å². The van der Waals surface area contributed by atoms with Gasteiger partial charge in [-0.2, -0.15) is 0 Å². The Balaban J connectivity index is 1.62. The van der Waals surface area contributed by atoms with Crippen LogP contribution >= 0.6 is 0 Å². The Morgan fingerprint density at radius 1 is 1.20 bits per heavy atom. The molecule has 0 N–H and O–H groups in total. The molecule has 2 fully saturated rings. The van der Waals surface area contributed by atoms with Gasteiger partial charge in [-0.15, -0.1) is 0 Å². The summed E-state index contributed by atoms with van der Waals surface area (Å²) < 4.78 is 17.7. The molecule has 166 valence electrons. The van der Waals surface area contributed by atoms with Gasteiger partial charge in [0.1, 0.15) is 6.04 Å². The van der Waals surface area contributed by atoms with Crippen molar-refractivity contribution in [2.45, 2.75) is 90.4 Å². The summed E-state index contributed by atoms with van der Waals surface area (Å²) in [7, 11) is -0.170. The molecule has 0 aliphatic carbocycles. The Morgan fingerprint density at radius 2 is 1.83 bits per heavy atom. The summed E-state index contributed by atoms with van der Waals surface area (Å²) in [6.07, 6.45) is 3.83. The minimum atomic E-state index is -0.291. The molecule has 5 nitrogen and oxygen atoms in total. The molecule has 2 saturated heterocycles. The summed E-state index contributed by atoms with van der Waals surface area (Å²) in [5.41, 5.74) is 0.658. The third-order valence-electron chi connectivity index (χ3n) is 7.19. The maximum atomic E-state index is 12.9. The molecule has 2 heterocycles. The molecule has 0 amide bonds. The third-order valence-corrected chi connectivity index (χ3v) is 7.19. The van der Waals surface area contributed by atoms with Crippen LogP contribution in [-0.2, 0) is 18.8 Å². The van der Waals surface area contributed by atoms with E-state index in [1.807, 2.05) is 13.0 Å². The Kier molecular flexibility index (Phi) is 7.31. The van der Waals surface area contributed by atoms with Crippen molar-refractivity contribution in [1.29, 1.82) is 0 Å². The van der Waals surface area contributed by atoms with E-state index in [1.54, 1.807) is 0 Å². The summed E-state index contributed by atoms with van der Waals surface area (Å²) in [6, 6.07) is 10.4. The van der Waals surface area contributed by atoms with Crippen molar-refractivity contribution < 1.29 is 18.8 Å². The van der Waals surface area contributed by atoms with Crippen molar-refractivity contribution in [3.63, 3.8) is 0 Å². The first-order valence-electron chi connectivity index (χ1n) is 11.5. The van der Waals surface area contributed by atoms with Gasteiger partial charge in [-0.25, -0.2) is 0 Å². The van der Waals surface area contributed by atoms with Crippen molar-refractivity contribution in [2.75, 3.05) is 13.2 Å². The van der Waals surface area contributed by atoms with Crippen molar-refractivity contribution in [3.8, 4) is 0 Å². The van der Waals surface area contributed by atoms with Crippen molar-refractivity contribution in [2.24, 2.45) is 5.92 Å². The van der Waals surface area contributed by atoms with Crippen LogP contribution in [0.15, 0.2) is 30.3 Å². The summed E-state index contributed by atoms with van der Waals surface area (Å²) in [5.74, 6) is 0.219. The maximum Gasteiger partial charge on any atom is 0.457 e. The monoisotopic (exact) mass is 415 g/mol. The molecule has 1 aromatic carbocycles. The third kappa shape index (κ3) is 4.92. The summed E-state index contributed by atoms with van der Waals surface area (Å²) in [5, 5.41) is 0.